The summed E-state index contributed by atoms with van der Waals surface area (Å²) < 4.78 is 28.4. The van der Waals surface area contributed by atoms with Gasteiger partial charge in [-0.15, -0.1) is 0 Å². The number of ether oxygens (including phenoxy) is 1. The van der Waals surface area contributed by atoms with E-state index in [2.05, 4.69) is 10.1 Å². The number of alkyl halides is 2. The van der Waals surface area contributed by atoms with Crippen molar-refractivity contribution < 1.29 is 27.9 Å². The van der Waals surface area contributed by atoms with Gasteiger partial charge in [0.05, 0.1) is 11.1 Å². The van der Waals surface area contributed by atoms with Gasteiger partial charge in [0.25, 0.3) is 11.8 Å². The molecule has 2 aromatic rings. The topological polar surface area (TPSA) is 75.7 Å². The first kappa shape index (κ1) is 18.2. The molecule has 2 aromatic carbocycles. The van der Waals surface area contributed by atoms with Crippen molar-refractivity contribution in [2.24, 2.45) is 0 Å². The van der Waals surface area contributed by atoms with Gasteiger partial charge in [0, 0.05) is 18.8 Å². The summed E-state index contributed by atoms with van der Waals surface area (Å²) in [7, 11) is 1.39. The lowest BCUT2D eigenvalue weighted by Crippen LogP contribution is -2.24. The highest BCUT2D eigenvalue weighted by Crippen LogP contribution is 2.24. The first-order valence-corrected chi connectivity index (χ1v) is 7.85. The number of halogens is 2. The standard InChI is InChI=1S/C19H14F2N2O4/c1-23-17(25)14-8-5-12(10-15(14)18(23)26)22-16(24)9-4-11-2-6-13(7-3-11)27-19(20)21/h2-10,19H,1H3,(H,22,24). The molecular formula is C19H14F2N2O4. The van der Waals surface area contributed by atoms with Crippen molar-refractivity contribution in [2.75, 3.05) is 12.4 Å². The van der Waals surface area contributed by atoms with Gasteiger partial charge in [0.1, 0.15) is 5.75 Å². The van der Waals surface area contributed by atoms with Gasteiger partial charge < -0.3 is 10.1 Å². The second-order valence-electron chi connectivity index (χ2n) is 5.70. The Hall–Kier alpha value is -3.55. The van der Waals surface area contributed by atoms with Crippen LogP contribution in [-0.2, 0) is 4.79 Å². The molecule has 0 aliphatic carbocycles. The molecule has 1 N–H and O–H groups in total. The number of hydrogen-bond donors (Lipinski definition) is 1. The number of amides is 3. The van der Waals surface area contributed by atoms with E-state index >= 15 is 0 Å². The van der Waals surface area contributed by atoms with Crippen LogP contribution in [0.3, 0.4) is 0 Å². The minimum Gasteiger partial charge on any atom is -0.435 e. The van der Waals surface area contributed by atoms with Crippen LogP contribution in [0.4, 0.5) is 14.5 Å². The lowest BCUT2D eigenvalue weighted by atomic mass is 10.1. The molecule has 3 amide bonds. The van der Waals surface area contributed by atoms with Gasteiger partial charge in [-0.2, -0.15) is 8.78 Å². The molecule has 27 heavy (non-hydrogen) atoms. The number of fused-ring (bicyclic) bond motifs is 1. The summed E-state index contributed by atoms with van der Waals surface area (Å²) in [5, 5.41) is 2.60. The Morgan fingerprint density at radius 3 is 2.41 bits per heavy atom. The third-order valence-corrected chi connectivity index (χ3v) is 3.89. The van der Waals surface area contributed by atoms with Gasteiger partial charge in [0.15, 0.2) is 0 Å². The van der Waals surface area contributed by atoms with E-state index in [1.165, 1.54) is 61.7 Å². The number of hydrogen-bond acceptors (Lipinski definition) is 4. The molecule has 0 saturated carbocycles. The third kappa shape index (κ3) is 4.00. The Balaban J connectivity index is 1.65. The van der Waals surface area contributed by atoms with Crippen LogP contribution in [-0.4, -0.2) is 36.3 Å². The summed E-state index contributed by atoms with van der Waals surface area (Å²) in [6, 6.07) is 10.2. The Morgan fingerprint density at radius 2 is 1.74 bits per heavy atom. The van der Waals surface area contributed by atoms with Crippen LogP contribution in [0.5, 0.6) is 5.75 Å². The fourth-order valence-electron chi connectivity index (χ4n) is 2.56. The molecule has 8 heteroatoms. The molecule has 6 nitrogen and oxygen atoms in total. The molecular weight excluding hydrogens is 358 g/mol. The van der Waals surface area contributed by atoms with Crippen molar-refractivity contribution in [3.8, 4) is 5.75 Å². The molecule has 0 aromatic heterocycles. The number of imide groups is 1. The number of anilines is 1. The summed E-state index contributed by atoms with van der Waals surface area (Å²) in [6.45, 7) is -2.90. The number of rotatable bonds is 5. The SMILES string of the molecule is CN1C(=O)c2ccc(NC(=O)C=Cc3ccc(OC(F)F)cc3)cc2C1=O. The predicted molar refractivity (Wildman–Crippen MR) is 93.6 cm³/mol. The van der Waals surface area contributed by atoms with Crippen molar-refractivity contribution in [2.45, 2.75) is 6.61 Å². The van der Waals surface area contributed by atoms with E-state index in [-0.39, 0.29) is 17.2 Å². The normalized spacial score (nSPS) is 13.4. The first-order chi connectivity index (χ1) is 12.8. The maximum absolute atomic E-state index is 12.1. The minimum absolute atomic E-state index is 0.0222. The zero-order valence-electron chi connectivity index (χ0n) is 14.1. The van der Waals surface area contributed by atoms with E-state index in [9.17, 15) is 23.2 Å². The fraction of sp³-hybridized carbons (Fsp3) is 0.105. The maximum atomic E-state index is 12.1. The average molecular weight is 372 g/mol. The molecule has 0 spiro atoms. The van der Waals surface area contributed by atoms with E-state index in [0.29, 0.717) is 16.8 Å². The van der Waals surface area contributed by atoms with Gasteiger partial charge in [-0.25, -0.2) is 0 Å². The lowest BCUT2D eigenvalue weighted by Gasteiger charge is -2.04. The van der Waals surface area contributed by atoms with Gasteiger partial charge in [-0.05, 0) is 42.0 Å². The van der Waals surface area contributed by atoms with E-state index in [1.807, 2.05) is 0 Å². The molecule has 0 unspecified atom stereocenters. The smallest absolute Gasteiger partial charge is 0.387 e. The van der Waals surface area contributed by atoms with Crippen molar-refractivity contribution >= 4 is 29.5 Å². The molecule has 3 rings (SSSR count). The summed E-state index contributed by atoms with van der Waals surface area (Å²) in [5.41, 5.74) is 1.52. The fourth-order valence-corrected chi connectivity index (χ4v) is 2.56. The highest BCUT2D eigenvalue weighted by atomic mass is 19.3. The van der Waals surface area contributed by atoms with Crippen molar-refractivity contribution in [1.82, 2.24) is 4.90 Å². The summed E-state index contributed by atoms with van der Waals surface area (Å²) in [5.74, 6) is -1.23. The highest BCUT2D eigenvalue weighted by Gasteiger charge is 2.32. The van der Waals surface area contributed by atoms with Gasteiger partial charge in [0.2, 0.25) is 5.91 Å². The van der Waals surface area contributed by atoms with E-state index in [1.54, 1.807) is 0 Å². The highest BCUT2D eigenvalue weighted by molar-refractivity contribution is 6.21. The molecule has 1 heterocycles. The average Bonchev–Trinajstić information content (AvgIpc) is 2.85. The van der Waals surface area contributed by atoms with Crippen LogP contribution in [0.25, 0.3) is 6.08 Å². The predicted octanol–water partition coefficient (Wildman–Crippen LogP) is 3.17. The Morgan fingerprint density at radius 1 is 1.07 bits per heavy atom. The lowest BCUT2D eigenvalue weighted by molar-refractivity contribution is -0.111. The van der Waals surface area contributed by atoms with Crippen LogP contribution in [0.1, 0.15) is 26.3 Å². The number of nitrogens with one attached hydrogen (secondary N) is 1. The van der Waals surface area contributed by atoms with Crippen molar-refractivity contribution in [1.29, 1.82) is 0 Å². The Labute approximate surface area is 153 Å². The van der Waals surface area contributed by atoms with Crippen LogP contribution >= 0.6 is 0 Å². The Bertz CT molecular complexity index is 939. The number of carbonyl (C=O) groups excluding carboxylic acids is 3. The van der Waals surface area contributed by atoms with E-state index in [4.69, 9.17) is 0 Å². The largest absolute Gasteiger partial charge is 0.435 e. The number of benzene rings is 2. The molecule has 0 atom stereocenters. The van der Waals surface area contributed by atoms with Crippen molar-refractivity contribution in [3.63, 3.8) is 0 Å². The number of carbonyl (C=O) groups is 3. The summed E-state index contributed by atoms with van der Waals surface area (Å²) >= 11 is 0. The Kier molecular flexibility index (Phi) is 4.98. The summed E-state index contributed by atoms with van der Waals surface area (Å²) in [4.78, 5) is 36.8. The van der Waals surface area contributed by atoms with E-state index in [0.717, 1.165) is 4.90 Å². The molecule has 0 radical (unpaired) electrons. The van der Waals surface area contributed by atoms with Crippen LogP contribution in [0.2, 0.25) is 0 Å². The maximum Gasteiger partial charge on any atom is 0.387 e. The molecule has 0 saturated heterocycles. The zero-order valence-corrected chi connectivity index (χ0v) is 14.1. The number of nitrogens with zero attached hydrogens (tertiary/aromatic N) is 1. The second-order valence-corrected chi connectivity index (χ2v) is 5.70. The summed E-state index contributed by atoms with van der Waals surface area (Å²) in [6.07, 6.45) is 2.76. The van der Waals surface area contributed by atoms with E-state index < -0.39 is 18.4 Å². The van der Waals surface area contributed by atoms with Crippen LogP contribution in [0, 0.1) is 0 Å². The molecule has 1 aliphatic rings. The van der Waals surface area contributed by atoms with Gasteiger partial charge in [-0.3, -0.25) is 19.3 Å². The second kappa shape index (κ2) is 7.36. The monoisotopic (exact) mass is 372 g/mol. The van der Waals surface area contributed by atoms with Crippen LogP contribution < -0.4 is 10.1 Å². The first-order valence-electron chi connectivity index (χ1n) is 7.85. The third-order valence-electron chi connectivity index (χ3n) is 3.89. The molecule has 138 valence electrons. The van der Waals surface area contributed by atoms with Gasteiger partial charge in [-0.1, -0.05) is 12.1 Å². The van der Waals surface area contributed by atoms with Crippen LogP contribution in [0.15, 0.2) is 48.5 Å². The minimum atomic E-state index is -2.90. The van der Waals surface area contributed by atoms with Gasteiger partial charge >= 0.3 is 6.61 Å². The van der Waals surface area contributed by atoms with Crippen molar-refractivity contribution in [3.05, 3.63) is 65.2 Å². The molecule has 1 aliphatic heterocycles. The zero-order chi connectivity index (χ0) is 19.6. The quantitative estimate of drug-likeness (QED) is 0.646. The molecule has 0 fully saturated rings. The molecule has 0 bridgehead atoms.